The first kappa shape index (κ1) is 19.6. The summed E-state index contributed by atoms with van der Waals surface area (Å²) in [7, 11) is 0. The van der Waals surface area contributed by atoms with Gasteiger partial charge in [0.15, 0.2) is 5.78 Å². The molecule has 0 aliphatic heterocycles. The van der Waals surface area contributed by atoms with Gasteiger partial charge in [-0.3, -0.25) is 19.7 Å². The van der Waals surface area contributed by atoms with Crippen LogP contribution in [-0.4, -0.2) is 21.8 Å². The van der Waals surface area contributed by atoms with Crippen molar-refractivity contribution in [3.05, 3.63) is 117 Å². The van der Waals surface area contributed by atoms with Crippen molar-refractivity contribution in [2.45, 2.75) is 6.92 Å². The fourth-order valence-electron chi connectivity index (χ4n) is 3.15. The zero-order valence-corrected chi connectivity index (χ0v) is 16.9. The van der Waals surface area contributed by atoms with Crippen molar-refractivity contribution in [1.29, 1.82) is 0 Å². The second-order valence-corrected chi connectivity index (χ2v) is 7.18. The number of hydrogen-bond donors (Lipinski definition) is 1. The quantitative estimate of drug-likeness (QED) is 0.363. The van der Waals surface area contributed by atoms with Gasteiger partial charge in [0.25, 0.3) is 5.56 Å². The van der Waals surface area contributed by atoms with Crippen LogP contribution in [0.2, 0.25) is 5.02 Å². The molecule has 0 aliphatic rings. The first-order valence-corrected chi connectivity index (χ1v) is 9.73. The van der Waals surface area contributed by atoms with Crippen LogP contribution in [0.1, 0.15) is 27.2 Å². The average Bonchev–Trinajstić information content (AvgIpc) is 3.07. The Balaban J connectivity index is 1.73. The van der Waals surface area contributed by atoms with Crippen molar-refractivity contribution in [3.8, 4) is 5.69 Å². The zero-order chi connectivity index (χ0) is 21.1. The molecule has 4 aromatic rings. The number of hydrogen-bond acceptors (Lipinski definition) is 3. The first-order chi connectivity index (χ1) is 14.5. The van der Waals surface area contributed by atoms with Crippen molar-refractivity contribution >= 4 is 29.3 Å². The van der Waals surface area contributed by atoms with Crippen LogP contribution in [-0.2, 0) is 0 Å². The van der Waals surface area contributed by atoms with E-state index in [0.29, 0.717) is 33.1 Å². The van der Waals surface area contributed by atoms with Crippen LogP contribution in [0, 0.1) is 6.92 Å². The van der Waals surface area contributed by atoms with Gasteiger partial charge in [0, 0.05) is 28.1 Å². The third-order valence-electron chi connectivity index (χ3n) is 4.70. The van der Waals surface area contributed by atoms with Gasteiger partial charge in [0.2, 0.25) is 0 Å². The highest BCUT2D eigenvalue weighted by atomic mass is 35.5. The summed E-state index contributed by atoms with van der Waals surface area (Å²) in [5, 5.41) is 3.50. The smallest absolute Gasteiger partial charge is 0.280 e. The molecule has 0 saturated heterocycles. The lowest BCUT2D eigenvalue weighted by molar-refractivity contribution is 0.103. The minimum Gasteiger partial charge on any atom is -0.295 e. The number of ketones is 1. The number of carbonyl (C=O) groups excluding carboxylic acids is 1. The first-order valence-electron chi connectivity index (χ1n) is 9.35. The Hall–Kier alpha value is -3.70. The lowest BCUT2D eigenvalue weighted by Crippen LogP contribution is -2.17. The highest BCUT2D eigenvalue weighted by Gasteiger charge is 2.15. The Bertz CT molecular complexity index is 1290. The molecule has 4 rings (SSSR count). The third-order valence-corrected chi connectivity index (χ3v) is 4.94. The van der Waals surface area contributed by atoms with Gasteiger partial charge in [0.1, 0.15) is 0 Å². The fourth-order valence-corrected chi connectivity index (χ4v) is 3.32. The molecule has 0 saturated carbocycles. The number of para-hydroxylation sites is 1. The molecule has 148 valence electrons. The monoisotopic (exact) mass is 415 g/mol. The van der Waals surface area contributed by atoms with Gasteiger partial charge in [0.05, 0.1) is 16.9 Å². The van der Waals surface area contributed by atoms with Crippen LogP contribution in [0.3, 0.4) is 0 Å². The normalized spacial score (nSPS) is 11.1. The summed E-state index contributed by atoms with van der Waals surface area (Å²) < 4.78 is 1.47. The summed E-state index contributed by atoms with van der Waals surface area (Å²) >= 11 is 6.12. The van der Waals surface area contributed by atoms with E-state index in [2.05, 4.69) is 10.1 Å². The standard InChI is InChI=1S/C24H18ClN3O2/c1-16-21(24(30)28(27-16)19-10-6-3-7-11-19)15-26-22-13-12-18(25)14-20(22)23(29)17-8-4-2-5-9-17/h2-15,27H,1H3. The molecule has 0 aliphatic carbocycles. The van der Waals surface area contributed by atoms with E-state index in [1.165, 1.54) is 10.9 Å². The Morgan fingerprint density at radius 2 is 1.67 bits per heavy atom. The van der Waals surface area contributed by atoms with Crippen molar-refractivity contribution < 1.29 is 4.79 Å². The van der Waals surface area contributed by atoms with E-state index < -0.39 is 0 Å². The molecule has 0 bridgehead atoms. The minimum atomic E-state index is -0.215. The number of halogens is 1. The van der Waals surface area contributed by atoms with Crippen molar-refractivity contribution in [3.63, 3.8) is 0 Å². The molecule has 1 N–H and O–H groups in total. The molecule has 0 spiro atoms. The van der Waals surface area contributed by atoms with Crippen LogP contribution in [0.25, 0.3) is 5.69 Å². The number of aliphatic imine (C=N–C) groups is 1. The Kier molecular flexibility index (Phi) is 5.46. The second-order valence-electron chi connectivity index (χ2n) is 6.74. The average molecular weight is 416 g/mol. The van der Waals surface area contributed by atoms with Gasteiger partial charge in [-0.25, -0.2) is 4.68 Å². The number of nitrogens with one attached hydrogen (secondary N) is 1. The second kappa shape index (κ2) is 8.35. The molecule has 30 heavy (non-hydrogen) atoms. The van der Waals surface area contributed by atoms with E-state index in [-0.39, 0.29) is 11.3 Å². The lowest BCUT2D eigenvalue weighted by Gasteiger charge is -2.06. The van der Waals surface area contributed by atoms with Crippen LogP contribution < -0.4 is 5.56 Å². The highest BCUT2D eigenvalue weighted by Crippen LogP contribution is 2.26. The summed E-state index contributed by atoms with van der Waals surface area (Å²) in [6.45, 7) is 1.81. The van der Waals surface area contributed by atoms with Gasteiger partial charge >= 0.3 is 0 Å². The zero-order valence-electron chi connectivity index (χ0n) is 16.2. The summed E-state index contributed by atoms with van der Waals surface area (Å²) in [5.74, 6) is -0.183. The summed E-state index contributed by atoms with van der Waals surface area (Å²) in [5.41, 5.74) is 2.98. The minimum absolute atomic E-state index is 0.183. The Morgan fingerprint density at radius 3 is 2.37 bits per heavy atom. The number of benzene rings is 3. The Morgan fingerprint density at radius 1 is 1.00 bits per heavy atom. The van der Waals surface area contributed by atoms with E-state index in [4.69, 9.17) is 11.6 Å². The molecule has 1 heterocycles. The highest BCUT2D eigenvalue weighted by molar-refractivity contribution is 6.31. The van der Waals surface area contributed by atoms with E-state index in [1.54, 1.807) is 49.4 Å². The molecule has 3 aromatic carbocycles. The molecular formula is C24H18ClN3O2. The number of carbonyl (C=O) groups is 1. The Labute approximate surface area is 178 Å². The van der Waals surface area contributed by atoms with Gasteiger partial charge in [-0.05, 0) is 37.3 Å². The van der Waals surface area contributed by atoms with Crippen LogP contribution in [0.15, 0.2) is 88.6 Å². The fraction of sp³-hybridized carbons (Fsp3) is 0.0417. The largest absolute Gasteiger partial charge is 0.295 e. The van der Waals surface area contributed by atoms with Crippen LogP contribution in [0.5, 0.6) is 0 Å². The maximum absolute atomic E-state index is 12.9. The van der Waals surface area contributed by atoms with Gasteiger partial charge in [-0.2, -0.15) is 0 Å². The van der Waals surface area contributed by atoms with Crippen LogP contribution >= 0.6 is 11.6 Å². The molecule has 1 aromatic heterocycles. The lowest BCUT2D eigenvalue weighted by atomic mass is 10.0. The summed E-state index contributed by atoms with van der Waals surface area (Å²) in [6, 6.07) is 23.2. The number of aryl methyl sites for hydroxylation is 1. The molecule has 5 nitrogen and oxygen atoms in total. The van der Waals surface area contributed by atoms with E-state index >= 15 is 0 Å². The number of nitrogens with zero attached hydrogens (tertiary/aromatic N) is 2. The van der Waals surface area contributed by atoms with E-state index in [1.807, 2.05) is 36.4 Å². The van der Waals surface area contributed by atoms with Crippen LogP contribution in [0.4, 0.5) is 5.69 Å². The molecule has 0 fully saturated rings. The summed E-state index contributed by atoms with van der Waals surface area (Å²) in [4.78, 5) is 30.3. The summed E-state index contributed by atoms with van der Waals surface area (Å²) in [6.07, 6.45) is 1.48. The molecule has 6 heteroatoms. The van der Waals surface area contributed by atoms with Crippen molar-refractivity contribution in [2.24, 2.45) is 4.99 Å². The number of aromatic nitrogens is 2. The maximum atomic E-state index is 12.9. The van der Waals surface area contributed by atoms with Gasteiger partial charge in [-0.15, -0.1) is 0 Å². The molecular weight excluding hydrogens is 398 g/mol. The maximum Gasteiger partial charge on any atom is 0.280 e. The van der Waals surface area contributed by atoms with Gasteiger partial charge < -0.3 is 0 Å². The molecule has 0 radical (unpaired) electrons. The van der Waals surface area contributed by atoms with E-state index in [9.17, 15) is 9.59 Å². The topological polar surface area (TPSA) is 67.2 Å². The van der Waals surface area contributed by atoms with Crippen molar-refractivity contribution in [1.82, 2.24) is 9.78 Å². The molecule has 0 unspecified atom stereocenters. The number of aromatic amines is 1. The van der Waals surface area contributed by atoms with E-state index in [0.717, 1.165) is 5.69 Å². The SMILES string of the molecule is Cc1[nH]n(-c2ccccc2)c(=O)c1C=Nc1ccc(Cl)cc1C(=O)c1ccccc1. The molecule has 0 atom stereocenters. The third kappa shape index (κ3) is 3.88. The predicted octanol–water partition coefficient (Wildman–Crippen LogP) is 5.11. The van der Waals surface area contributed by atoms with Crippen molar-refractivity contribution in [2.75, 3.05) is 0 Å². The molecule has 0 amide bonds. The number of H-pyrrole nitrogens is 1. The van der Waals surface area contributed by atoms with Gasteiger partial charge in [-0.1, -0.05) is 60.1 Å². The number of rotatable bonds is 5. The predicted molar refractivity (Wildman–Crippen MR) is 120 cm³/mol.